The van der Waals surface area contributed by atoms with E-state index in [1.807, 2.05) is 32.2 Å². The zero-order valence-electron chi connectivity index (χ0n) is 12.0. The number of hydrogen-bond donors (Lipinski definition) is 1. The lowest BCUT2D eigenvalue weighted by Crippen LogP contribution is -2.18. The molecule has 2 aromatic rings. The number of ether oxygens (including phenoxy) is 2. The van der Waals surface area contributed by atoms with Crippen LogP contribution in [0.4, 0.5) is 0 Å². The molecule has 0 saturated carbocycles. The normalized spacial score (nSPS) is 12.2. The molecule has 0 aliphatic carbocycles. The second-order valence-electron chi connectivity index (χ2n) is 4.42. The fourth-order valence-electron chi connectivity index (χ4n) is 2.20. The molecular weight excluding hydrogens is 322 g/mol. The number of aryl methyl sites for hydroxylation is 1. The molecule has 20 heavy (non-hydrogen) atoms. The van der Waals surface area contributed by atoms with Crippen LogP contribution < -0.4 is 14.8 Å². The lowest BCUT2D eigenvalue weighted by Gasteiger charge is -2.19. The Morgan fingerprint density at radius 1 is 1.20 bits per heavy atom. The van der Waals surface area contributed by atoms with E-state index in [-0.39, 0.29) is 6.04 Å². The van der Waals surface area contributed by atoms with Crippen molar-refractivity contribution in [3.05, 3.63) is 45.8 Å². The first-order valence-electron chi connectivity index (χ1n) is 6.25. The van der Waals surface area contributed by atoms with Crippen LogP contribution in [-0.4, -0.2) is 21.3 Å². The van der Waals surface area contributed by atoms with E-state index >= 15 is 0 Å². The molecule has 0 aliphatic rings. The zero-order chi connectivity index (χ0) is 14.7. The fraction of sp³-hybridized carbons (Fsp3) is 0.333. The molecule has 1 heterocycles. The molecule has 0 radical (unpaired) electrons. The Balaban J connectivity index is 2.52. The molecule has 2 rings (SSSR count). The van der Waals surface area contributed by atoms with Crippen LogP contribution in [-0.2, 0) is 0 Å². The van der Waals surface area contributed by atoms with Crippen molar-refractivity contribution in [2.24, 2.45) is 0 Å². The van der Waals surface area contributed by atoms with Gasteiger partial charge in [0.1, 0.15) is 5.76 Å². The minimum Gasteiger partial charge on any atom is -0.493 e. The first kappa shape index (κ1) is 14.9. The number of hydrogen-bond acceptors (Lipinski definition) is 4. The third-order valence-corrected chi connectivity index (χ3v) is 3.95. The number of benzene rings is 1. The molecule has 0 bridgehead atoms. The van der Waals surface area contributed by atoms with E-state index in [2.05, 4.69) is 21.2 Å². The van der Waals surface area contributed by atoms with E-state index in [0.29, 0.717) is 11.5 Å². The quantitative estimate of drug-likeness (QED) is 0.902. The summed E-state index contributed by atoms with van der Waals surface area (Å²) in [5.74, 6) is 2.27. The molecule has 0 saturated heterocycles. The second-order valence-corrected chi connectivity index (χ2v) is 5.27. The molecular formula is C15H18BrNO3. The lowest BCUT2D eigenvalue weighted by molar-refractivity contribution is 0.353. The largest absolute Gasteiger partial charge is 0.493 e. The smallest absolute Gasteiger partial charge is 0.161 e. The number of rotatable bonds is 5. The fourth-order valence-corrected chi connectivity index (χ4v) is 2.75. The minimum atomic E-state index is -0.0563. The van der Waals surface area contributed by atoms with E-state index in [1.165, 1.54) is 0 Å². The molecule has 4 nitrogen and oxygen atoms in total. The van der Waals surface area contributed by atoms with Crippen molar-refractivity contribution in [2.75, 3.05) is 21.3 Å². The van der Waals surface area contributed by atoms with E-state index in [9.17, 15) is 0 Å². The van der Waals surface area contributed by atoms with Gasteiger partial charge in [-0.2, -0.15) is 0 Å². The number of halogens is 1. The standard InChI is InChI=1S/C15H18BrNO3/c1-9-5-6-20-15(9)14(17-2)10-7-12(18-3)13(19-4)8-11(10)16/h5-8,14,17H,1-4H3. The van der Waals surface area contributed by atoms with Gasteiger partial charge in [-0.25, -0.2) is 0 Å². The van der Waals surface area contributed by atoms with E-state index in [0.717, 1.165) is 21.4 Å². The maximum absolute atomic E-state index is 5.60. The Morgan fingerprint density at radius 3 is 2.35 bits per heavy atom. The highest BCUT2D eigenvalue weighted by atomic mass is 79.9. The van der Waals surface area contributed by atoms with Gasteiger partial charge in [0.25, 0.3) is 0 Å². The summed E-state index contributed by atoms with van der Waals surface area (Å²) in [5.41, 5.74) is 2.13. The van der Waals surface area contributed by atoms with Gasteiger partial charge in [0.05, 0.1) is 26.5 Å². The van der Waals surface area contributed by atoms with Gasteiger partial charge < -0.3 is 19.2 Å². The first-order valence-corrected chi connectivity index (χ1v) is 7.04. The van der Waals surface area contributed by atoms with E-state index in [4.69, 9.17) is 13.9 Å². The maximum Gasteiger partial charge on any atom is 0.161 e. The van der Waals surface area contributed by atoms with Crippen LogP contribution in [0.5, 0.6) is 11.5 Å². The Labute approximate surface area is 127 Å². The van der Waals surface area contributed by atoms with Crippen LogP contribution in [0.1, 0.15) is 22.9 Å². The summed E-state index contributed by atoms with van der Waals surface area (Å²) in [4.78, 5) is 0. The zero-order valence-corrected chi connectivity index (χ0v) is 13.6. The topological polar surface area (TPSA) is 43.6 Å². The van der Waals surface area contributed by atoms with Crippen molar-refractivity contribution >= 4 is 15.9 Å². The van der Waals surface area contributed by atoms with Crippen molar-refractivity contribution in [2.45, 2.75) is 13.0 Å². The minimum absolute atomic E-state index is 0.0563. The Morgan fingerprint density at radius 2 is 1.85 bits per heavy atom. The molecule has 108 valence electrons. The average molecular weight is 340 g/mol. The van der Waals surface area contributed by atoms with Crippen LogP contribution >= 0.6 is 15.9 Å². The molecule has 1 aromatic carbocycles. The SMILES string of the molecule is CNC(c1cc(OC)c(OC)cc1Br)c1occc1C. The first-order chi connectivity index (χ1) is 9.62. The van der Waals surface area contributed by atoms with Gasteiger partial charge in [-0.1, -0.05) is 15.9 Å². The number of methoxy groups -OCH3 is 2. The van der Waals surface area contributed by atoms with Crippen molar-refractivity contribution in [1.82, 2.24) is 5.32 Å². The maximum atomic E-state index is 5.60. The Hall–Kier alpha value is -1.46. The molecule has 0 aliphatic heterocycles. The van der Waals surface area contributed by atoms with E-state index < -0.39 is 0 Å². The average Bonchev–Trinajstić information content (AvgIpc) is 2.87. The summed E-state index contributed by atoms with van der Waals surface area (Å²) in [5, 5.41) is 3.27. The van der Waals surface area contributed by atoms with Gasteiger partial charge in [-0.15, -0.1) is 0 Å². The van der Waals surface area contributed by atoms with Crippen molar-refractivity contribution in [1.29, 1.82) is 0 Å². The molecule has 0 amide bonds. The van der Waals surface area contributed by atoms with E-state index in [1.54, 1.807) is 20.5 Å². The molecule has 0 spiro atoms. The summed E-state index contributed by atoms with van der Waals surface area (Å²) >= 11 is 3.59. The molecule has 1 N–H and O–H groups in total. The molecule has 5 heteroatoms. The van der Waals surface area contributed by atoms with Crippen LogP contribution in [0.15, 0.2) is 33.4 Å². The van der Waals surface area contributed by atoms with Crippen molar-refractivity contribution in [3.63, 3.8) is 0 Å². The summed E-state index contributed by atoms with van der Waals surface area (Å²) < 4.78 is 17.2. The summed E-state index contributed by atoms with van der Waals surface area (Å²) in [6.07, 6.45) is 1.70. The highest BCUT2D eigenvalue weighted by Crippen LogP contribution is 2.38. The predicted molar refractivity (Wildman–Crippen MR) is 81.6 cm³/mol. The Bertz CT molecular complexity index is 595. The van der Waals surface area contributed by atoms with Crippen molar-refractivity contribution in [3.8, 4) is 11.5 Å². The predicted octanol–water partition coefficient (Wildman–Crippen LogP) is 3.68. The van der Waals surface area contributed by atoms with Crippen LogP contribution in [0.3, 0.4) is 0 Å². The summed E-state index contributed by atoms with van der Waals surface area (Å²) in [7, 11) is 5.15. The van der Waals surface area contributed by atoms with Gasteiger partial charge in [0.2, 0.25) is 0 Å². The molecule has 0 fully saturated rings. The van der Waals surface area contributed by atoms with Gasteiger partial charge in [-0.05, 0) is 43.3 Å². The number of nitrogens with one attached hydrogen (secondary N) is 1. The highest BCUT2D eigenvalue weighted by Gasteiger charge is 2.22. The van der Waals surface area contributed by atoms with Gasteiger partial charge in [0.15, 0.2) is 11.5 Å². The lowest BCUT2D eigenvalue weighted by atomic mass is 10.0. The highest BCUT2D eigenvalue weighted by molar-refractivity contribution is 9.10. The summed E-state index contributed by atoms with van der Waals surface area (Å²) in [6.45, 7) is 2.03. The molecule has 1 unspecified atom stereocenters. The number of furan rings is 1. The monoisotopic (exact) mass is 339 g/mol. The van der Waals surface area contributed by atoms with Crippen LogP contribution in [0.2, 0.25) is 0 Å². The molecule has 1 aromatic heterocycles. The van der Waals surface area contributed by atoms with Crippen LogP contribution in [0, 0.1) is 6.92 Å². The second kappa shape index (κ2) is 6.33. The third kappa shape index (κ3) is 2.69. The van der Waals surface area contributed by atoms with Gasteiger partial charge >= 0.3 is 0 Å². The van der Waals surface area contributed by atoms with Crippen molar-refractivity contribution < 1.29 is 13.9 Å². The Kier molecular flexibility index (Phi) is 4.73. The van der Waals surface area contributed by atoms with Gasteiger partial charge in [-0.3, -0.25) is 0 Å². The van der Waals surface area contributed by atoms with Gasteiger partial charge in [0, 0.05) is 4.47 Å². The third-order valence-electron chi connectivity index (χ3n) is 3.27. The summed E-state index contributed by atoms with van der Waals surface area (Å²) in [6, 6.07) is 5.75. The molecule has 1 atom stereocenters. The van der Waals surface area contributed by atoms with Crippen LogP contribution in [0.25, 0.3) is 0 Å².